The molecular formula is C13H26N2O. The van der Waals surface area contributed by atoms with Crippen molar-refractivity contribution in [3.8, 4) is 0 Å². The summed E-state index contributed by atoms with van der Waals surface area (Å²) < 4.78 is 0. The second-order valence-electron chi connectivity index (χ2n) is 5.74. The topological polar surface area (TPSA) is 35.5 Å². The molecule has 3 nitrogen and oxygen atoms in total. The Balaban J connectivity index is 1.85. The van der Waals surface area contributed by atoms with Crippen LogP contribution in [0.25, 0.3) is 0 Å². The zero-order valence-electron chi connectivity index (χ0n) is 10.7. The first-order valence-corrected chi connectivity index (χ1v) is 6.76. The van der Waals surface area contributed by atoms with Crippen molar-refractivity contribution in [2.75, 3.05) is 26.7 Å². The van der Waals surface area contributed by atoms with Gasteiger partial charge in [0, 0.05) is 25.7 Å². The Morgan fingerprint density at radius 3 is 2.62 bits per heavy atom. The summed E-state index contributed by atoms with van der Waals surface area (Å²) in [5.41, 5.74) is 0. The molecule has 16 heavy (non-hydrogen) atoms. The third-order valence-electron chi connectivity index (χ3n) is 4.39. The van der Waals surface area contributed by atoms with Gasteiger partial charge in [-0.05, 0) is 45.1 Å². The second-order valence-corrected chi connectivity index (χ2v) is 5.74. The number of nitrogens with one attached hydrogen (secondary N) is 1. The van der Waals surface area contributed by atoms with Crippen molar-refractivity contribution in [2.45, 2.75) is 44.8 Å². The number of likely N-dealkylation sites (tertiary alicyclic amines) is 1. The van der Waals surface area contributed by atoms with Gasteiger partial charge in [0.05, 0.1) is 6.10 Å². The zero-order chi connectivity index (χ0) is 11.5. The van der Waals surface area contributed by atoms with E-state index in [0.29, 0.717) is 12.0 Å². The Morgan fingerprint density at radius 1 is 1.38 bits per heavy atom. The Labute approximate surface area is 99.2 Å². The molecule has 3 atom stereocenters. The first-order valence-electron chi connectivity index (χ1n) is 6.76. The molecule has 2 rings (SSSR count). The lowest BCUT2D eigenvalue weighted by Gasteiger charge is -2.41. The number of hydrogen-bond acceptors (Lipinski definition) is 3. The molecule has 3 heteroatoms. The average molecular weight is 226 g/mol. The number of piperidine rings is 1. The summed E-state index contributed by atoms with van der Waals surface area (Å²) in [5, 5.41) is 13.1. The van der Waals surface area contributed by atoms with Crippen molar-refractivity contribution in [3.63, 3.8) is 0 Å². The van der Waals surface area contributed by atoms with E-state index < -0.39 is 0 Å². The van der Waals surface area contributed by atoms with Gasteiger partial charge >= 0.3 is 0 Å². The first kappa shape index (κ1) is 12.3. The van der Waals surface area contributed by atoms with E-state index in [0.717, 1.165) is 25.4 Å². The van der Waals surface area contributed by atoms with Gasteiger partial charge in [-0.25, -0.2) is 0 Å². The van der Waals surface area contributed by atoms with Crippen LogP contribution in [0.3, 0.4) is 0 Å². The van der Waals surface area contributed by atoms with Crippen molar-refractivity contribution in [3.05, 3.63) is 0 Å². The molecule has 2 N–H and O–H groups in total. The third-order valence-corrected chi connectivity index (χ3v) is 4.39. The van der Waals surface area contributed by atoms with E-state index in [1.54, 1.807) is 0 Å². The summed E-state index contributed by atoms with van der Waals surface area (Å²) in [7, 11) is 2.04. The highest BCUT2D eigenvalue weighted by atomic mass is 16.3. The predicted octanol–water partition coefficient (Wildman–Crippen LogP) is 1.08. The van der Waals surface area contributed by atoms with E-state index in [2.05, 4.69) is 10.2 Å². The fraction of sp³-hybridized carbons (Fsp3) is 1.00. The Morgan fingerprint density at radius 2 is 2.12 bits per heavy atom. The number of aliphatic hydroxyl groups excluding tert-OH is 1. The fourth-order valence-corrected chi connectivity index (χ4v) is 2.98. The highest BCUT2D eigenvalue weighted by Gasteiger charge is 2.31. The number of rotatable bonds is 4. The van der Waals surface area contributed by atoms with E-state index in [9.17, 15) is 5.11 Å². The molecule has 1 heterocycles. The standard InChI is InChI=1S/C13H26N2O/c1-10(16)12-6-13(14-2)9-15(8-12)7-11-4-3-5-11/h10-14,16H,3-9H2,1-2H3. The number of nitrogens with zero attached hydrogens (tertiary/aromatic N) is 1. The van der Waals surface area contributed by atoms with Gasteiger partial charge in [0.1, 0.15) is 0 Å². The van der Waals surface area contributed by atoms with Crippen LogP contribution in [0.4, 0.5) is 0 Å². The molecule has 0 spiro atoms. The molecule has 1 aliphatic carbocycles. The molecular weight excluding hydrogens is 200 g/mol. The Kier molecular flexibility index (Phi) is 4.22. The summed E-state index contributed by atoms with van der Waals surface area (Å²) in [4.78, 5) is 2.56. The van der Waals surface area contributed by atoms with E-state index >= 15 is 0 Å². The van der Waals surface area contributed by atoms with E-state index in [1.807, 2.05) is 14.0 Å². The summed E-state index contributed by atoms with van der Waals surface area (Å²) >= 11 is 0. The van der Waals surface area contributed by atoms with Crippen LogP contribution in [0, 0.1) is 11.8 Å². The molecule has 0 aromatic carbocycles. The summed E-state index contributed by atoms with van der Waals surface area (Å²) in [6, 6.07) is 0.563. The lowest BCUT2D eigenvalue weighted by Crippen LogP contribution is -2.52. The van der Waals surface area contributed by atoms with Crippen LogP contribution in [0.1, 0.15) is 32.6 Å². The summed E-state index contributed by atoms with van der Waals surface area (Å²) in [6.45, 7) is 5.44. The van der Waals surface area contributed by atoms with Crippen molar-refractivity contribution < 1.29 is 5.11 Å². The molecule has 1 saturated heterocycles. The van der Waals surface area contributed by atoms with Crippen LogP contribution in [-0.2, 0) is 0 Å². The minimum Gasteiger partial charge on any atom is -0.393 e. The minimum absolute atomic E-state index is 0.167. The smallest absolute Gasteiger partial charge is 0.0553 e. The van der Waals surface area contributed by atoms with Gasteiger partial charge < -0.3 is 15.3 Å². The van der Waals surface area contributed by atoms with Gasteiger partial charge in [-0.2, -0.15) is 0 Å². The average Bonchev–Trinajstić information content (AvgIpc) is 2.23. The van der Waals surface area contributed by atoms with E-state index in [-0.39, 0.29) is 6.10 Å². The van der Waals surface area contributed by atoms with Crippen LogP contribution >= 0.6 is 0 Å². The van der Waals surface area contributed by atoms with Crippen molar-refractivity contribution in [1.29, 1.82) is 0 Å². The summed E-state index contributed by atoms with van der Waals surface area (Å²) in [5.74, 6) is 1.39. The van der Waals surface area contributed by atoms with Crippen molar-refractivity contribution in [2.24, 2.45) is 11.8 Å². The van der Waals surface area contributed by atoms with Gasteiger partial charge in [0.15, 0.2) is 0 Å². The highest BCUT2D eigenvalue weighted by molar-refractivity contribution is 4.86. The lowest BCUT2D eigenvalue weighted by molar-refractivity contribution is 0.0366. The van der Waals surface area contributed by atoms with Gasteiger partial charge in [-0.15, -0.1) is 0 Å². The molecule has 3 unspecified atom stereocenters. The van der Waals surface area contributed by atoms with Crippen molar-refractivity contribution >= 4 is 0 Å². The molecule has 0 aromatic rings. The number of hydrogen-bond donors (Lipinski definition) is 2. The molecule has 1 aliphatic heterocycles. The highest BCUT2D eigenvalue weighted by Crippen LogP contribution is 2.29. The molecule has 94 valence electrons. The quantitative estimate of drug-likeness (QED) is 0.753. The lowest BCUT2D eigenvalue weighted by atomic mass is 9.83. The predicted molar refractivity (Wildman–Crippen MR) is 66.4 cm³/mol. The minimum atomic E-state index is -0.167. The van der Waals surface area contributed by atoms with Crippen LogP contribution in [0.2, 0.25) is 0 Å². The molecule has 2 aliphatic rings. The maximum Gasteiger partial charge on any atom is 0.0553 e. The number of likely N-dealkylation sites (N-methyl/N-ethyl adjacent to an activating group) is 1. The van der Waals surface area contributed by atoms with Crippen LogP contribution in [-0.4, -0.2) is 48.8 Å². The maximum atomic E-state index is 9.76. The third kappa shape index (κ3) is 2.96. The van der Waals surface area contributed by atoms with Gasteiger partial charge in [0.25, 0.3) is 0 Å². The van der Waals surface area contributed by atoms with E-state index in [4.69, 9.17) is 0 Å². The maximum absolute atomic E-state index is 9.76. The normalized spacial score (nSPS) is 34.7. The Hall–Kier alpha value is -0.120. The van der Waals surface area contributed by atoms with E-state index in [1.165, 1.54) is 25.8 Å². The molecule has 0 bridgehead atoms. The van der Waals surface area contributed by atoms with Crippen LogP contribution in [0.15, 0.2) is 0 Å². The molecule has 2 fully saturated rings. The Bertz CT molecular complexity index is 214. The van der Waals surface area contributed by atoms with Gasteiger partial charge in [-0.3, -0.25) is 0 Å². The molecule has 1 saturated carbocycles. The first-order chi connectivity index (χ1) is 7.69. The molecule has 0 aromatic heterocycles. The van der Waals surface area contributed by atoms with Gasteiger partial charge in [0.2, 0.25) is 0 Å². The van der Waals surface area contributed by atoms with Gasteiger partial charge in [-0.1, -0.05) is 6.42 Å². The summed E-state index contributed by atoms with van der Waals surface area (Å²) in [6.07, 6.45) is 5.21. The fourth-order valence-electron chi connectivity index (χ4n) is 2.98. The van der Waals surface area contributed by atoms with Crippen molar-refractivity contribution in [1.82, 2.24) is 10.2 Å². The van der Waals surface area contributed by atoms with Crippen LogP contribution in [0.5, 0.6) is 0 Å². The second kappa shape index (κ2) is 5.48. The monoisotopic (exact) mass is 226 g/mol. The zero-order valence-corrected chi connectivity index (χ0v) is 10.7. The van der Waals surface area contributed by atoms with Crippen LogP contribution < -0.4 is 5.32 Å². The molecule has 0 amide bonds. The SMILES string of the molecule is CNC1CC(C(C)O)CN(CC2CCC2)C1. The number of aliphatic hydroxyl groups is 1. The largest absolute Gasteiger partial charge is 0.393 e. The molecule has 0 radical (unpaired) electrons.